The van der Waals surface area contributed by atoms with Crippen molar-refractivity contribution in [3.63, 3.8) is 0 Å². The molecular weight excluding hydrogens is 270 g/mol. The van der Waals surface area contributed by atoms with Gasteiger partial charge in [-0.15, -0.1) is 0 Å². The van der Waals surface area contributed by atoms with Crippen LogP contribution in [0.15, 0.2) is 30.6 Å². The summed E-state index contributed by atoms with van der Waals surface area (Å²) < 4.78 is 1.69. The summed E-state index contributed by atoms with van der Waals surface area (Å²) in [4.78, 5) is 27.6. The van der Waals surface area contributed by atoms with E-state index in [9.17, 15) is 9.59 Å². The quantitative estimate of drug-likeness (QED) is 0.813. The highest BCUT2D eigenvalue weighted by atomic mass is 16.2. The molecule has 0 radical (unpaired) electrons. The molecule has 7 heteroatoms. The van der Waals surface area contributed by atoms with Crippen molar-refractivity contribution in [2.24, 2.45) is 0 Å². The molecule has 2 aromatic heterocycles. The van der Waals surface area contributed by atoms with E-state index in [2.05, 4.69) is 10.4 Å². The van der Waals surface area contributed by atoms with Crippen molar-refractivity contribution in [2.75, 3.05) is 26.7 Å². The van der Waals surface area contributed by atoms with E-state index in [1.807, 2.05) is 24.4 Å². The first-order chi connectivity index (χ1) is 10.1. The molecule has 1 spiro atoms. The van der Waals surface area contributed by atoms with Gasteiger partial charge in [-0.05, 0) is 12.1 Å². The Balaban J connectivity index is 1.57. The zero-order valence-electron chi connectivity index (χ0n) is 11.6. The highest BCUT2D eigenvalue weighted by Crippen LogP contribution is 2.31. The van der Waals surface area contributed by atoms with E-state index in [4.69, 9.17) is 0 Å². The van der Waals surface area contributed by atoms with Gasteiger partial charge in [0.2, 0.25) is 0 Å². The molecule has 4 heterocycles. The van der Waals surface area contributed by atoms with Gasteiger partial charge in [0.25, 0.3) is 5.91 Å². The number of hydrogen-bond donors (Lipinski definition) is 1. The van der Waals surface area contributed by atoms with Gasteiger partial charge in [0.15, 0.2) is 0 Å². The molecule has 4 rings (SSSR count). The van der Waals surface area contributed by atoms with Crippen molar-refractivity contribution >= 4 is 17.5 Å². The number of amides is 3. The van der Waals surface area contributed by atoms with Crippen LogP contribution in [0, 0.1) is 0 Å². The van der Waals surface area contributed by atoms with Gasteiger partial charge in [-0.1, -0.05) is 6.07 Å². The number of pyridine rings is 1. The lowest BCUT2D eigenvalue weighted by Gasteiger charge is -2.50. The number of urea groups is 1. The van der Waals surface area contributed by atoms with E-state index < -0.39 is 0 Å². The first-order valence-corrected chi connectivity index (χ1v) is 6.84. The number of nitrogens with zero attached hydrogens (tertiary/aromatic N) is 4. The van der Waals surface area contributed by atoms with Gasteiger partial charge in [0.05, 0.1) is 22.8 Å². The zero-order chi connectivity index (χ0) is 14.6. The molecular formula is C14H15N5O2. The second-order valence-corrected chi connectivity index (χ2v) is 5.69. The topological polar surface area (TPSA) is 70.0 Å². The lowest BCUT2D eigenvalue weighted by molar-refractivity contribution is 0.00791. The van der Waals surface area contributed by atoms with Gasteiger partial charge in [-0.2, -0.15) is 5.10 Å². The number of likely N-dealkylation sites (N-methyl/N-ethyl adjacent to an activating group) is 1. The van der Waals surface area contributed by atoms with Gasteiger partial charge in [-0.3, -0.25) is 4.79 Å². The van der Waals surface area contributed by atoms with Crippen molar-refractivity contribution < 1.29 is 9.59 Å². The molecule has 2 fully saturated rings. The van der Waals surface area contributed by atoms with Crippen molar-refractivity contribution in [3.05, 3.63) is 36.2 Å². The number of likely N-dealkylation sites (tertiary alicyclic amines) is 1. The molecule has 7 nitrogen and oxygen atoms in total. The predicted octanol–water partition coefficient (Wildman–Crippen LogP) is 0.184. The van der Waals surface area contributed by atoms with Gasteiger partial charge >= 0.3 is 6.03 Å². The summed E-state index contributed by atoms with van der Waals surface area (Å²) in [5.74, 6) is -0.0328. The minimum absolute atomic E-state index is 0.0328. The van der Waals surface area contributed by atoms with E-state index in [0.29, 0.717) is 25.2 Å². The fourth-order valence-electron chi connectivity index (χ4n) is 3.09. The molecule has 0 bridgehead atoms. The van der Waals surface area contributed by atoms with E-state index >= 15 is 0 Å². The van der Waals surface area contributed by atoms with Gasteiger partial charge in [0, 0.05) is 32.9 Å². The number of carbonyl (C=O) groups is 2. The van der Waals surface area contributed by atoms with E-state index in [1.165, 1.54) is 0 Å². The van der Waals surface area contributed by atoms with Crippen LogP contribution in [0.3, 0.4) is 0 Å². The maximum absolute atomic E-state index is 12.6. The highest BCUT2D eigenvalue weighted by molar-refractivity contribution is 6.01. The Bertz CT molecular complexity index is 747. The molecule has 2 aliphatic rings. The number of aromatic nitrogens is 2. The Labute approximate surface area is 121 Å². The summed E-state index contributed by atoms with van der Waals surface area (Å²) in [6.45, 7) is 1.72. The van der Waals surface area contributed by atoms with Gasteiger partial charge in [-0.25, -0.2) is 9.31 Å². The number of nitrogens with one attached hydrogen (secondary N) is 1. The lowest BCUT2D eigenvalue weighted by atomic mass is 9.89. The average molecular weight is 285 g/mol. The van der Waals surface area contributed by atoms with E-state index in [1.54, 1.807) is 27.6 Å². The predicted molar refractivity (Wildman–Crippen MR) is 75.0 cm³/mol. The maximum atomic E-state index is 12.6. The van der Waals surface area contributed by atoms with Gasteiger partial charge < -0.3 is 15.1 Å². The third kappa shape index (κ3) is 1.57. The summed E-state index contributed by atoms with van der Waals surface area (Å²) >= 11 is 0. The molecule has 0 atom stereocenters. The summed E-state index contributed by atoms with van der Waals surface area (Å²) in [5.41, 5.74) is 1.17. The van der Waals surface area contributed by atoms with Crippen LogP contribution in [0.1, 0.15) is 10.4 Å². The normalized spacial score (nSPS) is 20.0. The number of carbonyl (C=O) groups excluding carboxylic acids is 2. The minimum Gasteiger partial charge on any atom is -0.335 e. The van der Waals surface area contributed by atoms with Crippen LogP contribution < -0.4 is 5.32 Å². The van der Waals surface area contributed by atoms with Crippen molar-refractivity contribution in [3.8, 4) is 0 Å². The Hall–Kier alpha value is -2.57. The fourth-order valence-corrected chi connectivity index (χ4v) is 3.09. The van der Waals surface area contributed by atoms with Crippen LogP contribution in [0.25, 0.3) is 5.52 Å². The Morgan fingerprint density at radius 3 is 2.90 bits per heavy atom. The van der Waals surface area contributed by atoms with Gasteiger partial charge in [0.1, 0.15) is 0 Å². The SMILES string of the molecule is CN1C(=O)NCC12CN(C(=O)c1cnn3ccccc13)C2. The van der Waals surface area contributed by atoms with Crippen LogP contribution in [0.2, 0.25) is 0 Å². The molecule has 2 aliphatic heterocycles. The summed E-state index contributed by atoms with van der Waals surface area (Å²) in [6, 6.07) is 5.57. The first-order valence-electron chi connectivity index (χ1n) is 6.84. The molecule has 2 saturated heterocycles. The first kappa shape index (κ1) is 12.2. The molecule has 0 saturated carbocycles. The molecule has 2 aromatic rings. The maximum Gasteiger partial charge on any atom is 0.317 e. The molecule has 0 aromatic carbocycles. The van der Waals surface area contributed by atoms with Crippen molar-refractivity contribution in [1.29, 1.82) is 0 Å². The van der Waals surface area contributed by atoms with Crippen LogP contribution in [0.4, 0.5) is 4.79 Å². The Morgan fingerprint density at radius 1 is 1.38 bits per heavy atom. The van der Waals surface area contributed by atoms with Crippen molar-refractivity contribution in [1.82, 2.24) is 24.7 Å². The summed E-state index contributed by atoms with van der Waals surface area (Å²) in [5, 5.41) is 7.01. The molecule has 1 N–H and O–H groups in total. The lowest BCUT2D eigenvalue weighted by Crippen LogP contribution is -2.70. The third-order valence-corrected chi connectivity index (χ3v) is 4.50. The Morgan fingerprint density at radius 2 is 2.19 bits per heavy atom. The number of rotatable bonds is 1. The third-order valence-electron chi connectivity index (χ3n) is 4.50. The number of hydrogen-bond acceptors (Lipinski definition) is 3. The average Bonchev–Trinajstić information content (AvgIpc) is 3.00. The van der Waals surface area contributed by atoms with Crippen molar-refractivity contribution in [2.45, 2.75) is 5.54 Å². The second-order valence-electron chi connectivity index (χ2n) is 5.69. The molecule has 21 heavy (non-hydrogen) atoms. The zero-order valence-corrected chi connectivity index (χ0v) is 11.6. The molecule has 3 amide bonds. The van der Waals surface area contributed by atoms with Crippen LogP contribution in [0.5, 0.6) is 0 Å². The molecule has 108 valence electrons. The second kappa shape index (κ2) is 3.97. The monoisotopic (exact) mass is 285 g/mol. The Kier molecular flexibility index (Phi) is 2.30. The standard InChI is InChI=1S/C14H15N5O2/c1-17-13(21)15-7-14(17)8-18(9-14)12(20)10-6-16-19-5-3-2-4-11(10)19/h2-6H,7-9H2,1H3,(H,15,21). The van der Waals surface area contributed by atoms with Crippen LogP contribution >= 0.6 is 0 Å². The minimum atomic E-state index is -0.240. The highest BCUT2D eigenvalue weighted by Gasteiger charge is 2.53. The summed E-state index contributed by atoms with van der Waals surface area (Å²) in [6.07, 6.45) is 3.42. The largest absolute Gasteiger partial charge is 0.335 e. The van der Waals surface area contributed by atoms with Crippen LogP contribution in [-0.4, -0.2) is 63.6 Å². The number of fused-ring (bicyclic) bond motifs is 1. The van der Waals surface area contributed by atoms with E-state index in [-0.39, 0.29) is 17.5 Å². The van der Waals surface area contributed by atoms with Crippen LogP contribution in [-0.2, 0) is 0 Å². The fraction of sp³-hybridized carbons (Fsp3) is 0.357. The molecule has 0 unspecified atom stereocenters. The smallest absolute Gasteiger partial charge is 0.317 e. The van der Waals surface area contributed by atoms with E-state index in [0.717, 1.165) is 5.52 Å². The molecule has 0 aliphatic carbocycles. The summed E-state index contributed by atoms with van der Waals surface area (Å²) in [7, 11) is 1.78.